The first kappa shape index (κ1) is 100. The number of anilines is 1. The van der Waals surface area contributed by atoms with Gasteiger partial charge in [0, 0.05) is 101 Å². The van der Waals surface area contributed by atoms with Crippen LogP contribution in [0.2, 0.25) is 0 Å². The molecule has 0 bridgehead atoms. The smallest absolute Gasteiger partial charge is 0.269 e. The van der Waals surface area contributed by atoms with E-state index in [0.717, 1.165) is 32.7 Å². The Bertz CT molecular complexity index is 3910. The minimum atomic E-state index is -4.12. The Balaban J connectivity index is 0.00000116. The summed E-state index contributed by atoms with van der Waals surface area (Å²) in [6.45, 7) is 48.6. The van der Waals surface area contributed by atoms with E-state index in [9.17, 15) is 59.5 Å². The summed E-state index contributed by atoms with van der Waals surface area (Å²) in [5.41, 5.74) is 6.73. The van der Waals surface area contributed by atoms with Crippen molar-refractivity contribution < 1.29 is 59.5 Å². The predicted octanol–water partition coefficient (Wildman–Crippen LogP) is 15.5. The second kappa shape index (κ2) is 38.6. The molecule has 104 heavy (non-hydrogen) atoms. The molecule has 4 aromatic rings. The Morgan fingerprint density at radius 3 is 1.11 bits per heavy atom. The molecule has 1 unspecified atom stereocenters. The van der Waals surface area contributed by atoms with Crippen LogP contribution in [0.4, 0.5) is 18.9 Å². The molecule has 0 aliphatic carbocycles. The van der Waals surface area contributed by atoms with E-state index in [1.165, 1.54) is 96.9 Å². The van der Waals surface area contributed by atoms with Crippen molar-refractivity contribution in [2.45, 2.75) is 212 Å². The van der Waals surface area contributed by atoms with E-state index in [0.29, 0.717) is 66.6 Å². The molecule has 18 nitrogen and oxygen atoms in total. The Labute approximate surface area is 632 Å². The van der Waals surface area contributed by atoms with Crippen LogP contribution in [0.3, 0.4) is 0 Å². The van der Waals surface area contributed by atoms with Gasteiger partial charge >= 0.3 is 6.18 Å². The van der Waals surface area contributed by atoms with Crippen molar-refractivity contribution in [1.29, 1.82) is 0 Å². The molecule has 27 heteroatoms. The molecule has 4 heterocycles. The minimum absolute atomic E-state index is 0.0160. The van der Waals surface area contributed by atoms with E-state index in [2.05, 4.69) is 168 Å². The zero-order valence-electron chi connectivity index (χ0n) is 69.2. The normalized spacial score (nSPS) is 18.3. The van der Waals surface area contributed by atoms with Crippen LogP contribution in [0.15, 0.2) is 103 Å². The zero-order chi connectivity index (χ0) is 82.1. The second-order valence-corrected chi connectivity index (χ2v) is 49.1. The van der Waals surface area contributed by atoms with Crippen molar-refractivity contribution in [1.82, 2.24) is 25.8 Å². The van der Waals surface area contributed by atoms with Crippen molar-refractivity contribution in [3.8, 4) is 0 Å². The number of nitrogens with zero attached hydrogens (tertiary/aromatic N) is 7. The van der Waals surface area contributed by atoms with Crippen molar-refractivity contribution in [3.05, 3.63) is 137 Å². The van der Waals surface area contributed by atoms with Crippen LogP contribution in [0.25, 0.3) is 0 Å². The molecule has 4 aliphatic rings. The fourth-order valence-electron chi connectivity index (χ4n) is 9.72. The van der Waals surface area contributed by atoms with Gasteiger partial charge in [-0.2, -0.15) is 47.2 Å². The van der Waals surface area contributed by atoms with Crippen LogP contribution in [0.5, 0.6) is 0 Å². The lowest BCUT2D eigenvalue weighted by molar-refractivity contribution is -0.243. The maximum Gasteiger partial charge on any atom is 0.394 e. The zero-order valence-corrected chi connectivity index (χ0v) is 74.1. The summed E-state index contributed by atoms with van der Waals surface area (Å²) in [5, 5.41) is 0. The van der Waals surface area contributed by atoms with Crippen molar-refractivity contribution >= 4 is 71.6 Å². The van der Waals surface area contributed by atoms with Gasteiger partial charge in [-0.15, -0.1) is 0 Å². The largest absolute Gasteiger partial charge is 0.394 e. The molecular formula is C77H136F3N7O11S6. The molecule has 8 rings (SSSR count). The van der Waals surface area contributed by atoms with E-state index < -0.39 is 77.0 Å². The van der Waals surface area contributed by atoms with Gasteiger partial charge in [-0.3, -0.25) is 8.51 Å². The fraction of sp³-hybridized carbons (Fsp3) is 0.675. The number of para-hydroxylation sites is 1. The molecule has 0 saturated carbocycles. The highest BCUT2D eigenvalue weighted by Gasteiger charge is 2.54. The number of benzene rings is 4. The number of hydrogen-bond acceptors (Lipinski definition) is 11. The number of fused-ring (bicyclic) bond motifs is 2. The maximum atomic E-state index is 12.3. The standard InChI is InChI=1S/C13H18OS.C12H17NO2S.2C10H14.C8H15F3.C8H20N2O2S.C8H17NO2S.C4H12N2O2S.C4H9NO2S/c1-13(2,3)12-6-5-10-8-15(4,14)9-11(10)7-12;1-12(2,3)9-13-11-7-5-4-6-10(11)8-16(13,14)15;2*1-10(2,3)9-7-5-4-6-8-9;1-6(2,3)7(4,5)8(9,10)11;1-8(2,3)7-10(6)13(11,12)9(4)5;1-8(2,3)7-9-5-4-6-12(9,10)11;1-5(2)9(7,8)6(3)4;1-5-3-2-4-8(5,6)7/h5-7H,4,8-9H2,1-3H3;4-7H,8-9H2,1-3H3;2*4-8H,1-3H3;1-5H3;7H2,1-6H3;4-7H2,1-3H3;1-4H3;2-4H2,1H3. The van der Waals surface area contributed by atoms with E-state index in [-0.39, 0.29) is 27.4 Å². The van der Waals surface area contributed by atoms with Crippen LogP contribution in [0, 0.1) is 27.1 Å². The third-order valence-electron chi connectivity index (χ3n) is 17.0. The predicted molar refractivity (Wildman–Crippen MR) is 435 cm³/mol. The number of rotatable bonds is 7. The number of alkyl halides is 3. The lowest BCUT2D eigenvalue weighted by Gasteiger charge is -2.40. The molecule has 0 aromatic heterocycles. The van der Waals surface area contributed by atoms with Crippen molar-refractivity contribution in [3.63, 3.8) is 0 Å². The van der Waals surface area contributed by atoms with Crippen LogP contribution in [-0.4, -0.2) is 185 Å². The second-order valence-electron chi connectivity index (χ2n) is 35.8. The molecule has 0 spiro atoms. The summed E-state index contributed by atoms with van der Waals surface area (Å²) >= 11 is 0. The Morgan fingerprint density at radius 1 is 0.433 bits per heavy atom. The SMILES string of the molecule is C=S1(=O)Cc2ccc(C(C)(C)C)cc2C1.CC(C)(C)C(C)(C)C(F)(F)F.CC(C)(C)CN1CCCS1(=O)=O.CC(C)(C)CN1c2ccccc2CS1(=O)=O.CC(C)(C)c1ccccc1.CC(C)(C)c1ccccc1.CN(C)S(=O)(=O)N(C)C.CN(C)S(=O)(=O)N(C)CC(C)(C)C.CN1CCCS1(=O)=O. The number of sulfonamides is 3. The van der Waals surface area contributed by atoms with Gasteiger partial charge in [-0.25, -0.2) is 33.9 Å². The number of halogens is 3. The van der Waals surface area contributed by atoms with Gasteiger partial charge in [-0.05, 0) is 106 Å². The van der Waals surface area contributed by atoms with Gasteiger partial charge in [0.25, 0.3) is 20.4 Å². The molecule has 0 radical (unpaired) electrons. The average molecular weight is 1590 g/mol. The Morgan fingerprint density at radius 2 is 0.817 bits per heavy atom. The van der Waals surface area contributed by atoms with Gasteiger partial charge in [-0.1, -0.05) is 256 Å². The summed E-state index contributed by atoms with van der Waals surface area (Å²) in [7, 11) is -4.82. The molecule has 1 atom stereocenters. The minimum Gasteiger partial charge on any atom is -0.269 e. The third-order valence-corrected chi connectivity index (χ3v) is 27.9. The van der Waals surface area contributed by atoms with E-state index >= 15 is 0 Å². The van der Waals surface area contributed by atoms with Gasteiger partial charge in [0.05, 0.1) is 28.4 Å². The topological polar surface area (TPSA) is 210 Å². The van der Waals surface area contributed by atoms with Gasteiger partial charge in [0.15, 0.2) is 0 Å². The Hall–Kier alpha value is -4.00. The van der Waals surface area contributed by atoms with Gasteiger partial charge in [0.2, 0.25) is 30.1 Å². The Kier molecular flexibility index (Phi) is 37.1. The first-order valence-electron chi connectivity index (χ1n) is 35.1. The summed E-state index contributed by atoms with van der Waals surface area (Å²) in [6.07, 6.45) is -2.54. The van der Waals surface area contributed by atoms with E-state index in [4.69, 9.17) is 0 Å². The molecule has 4 aromatic carbocycles. The van der Waals surface area contributed by atoms with Crippen LogP contribution >= 0.6 is 0 Å². The molecule has 602 valence electrons. The quantitative estimate of drug-likeness (QED) is 0.159. The average Bonchev–Trinajstić information content (AvgIpc) is 1.45. The molecular weight excluding hydrogens is 1450 g/mol. The van der Waals surface area contributed by atoms with Crippen LogP contribution in [0.1, 0.15) is 205 Å². The molecule has 2 saturated heterocycles. The van der Waals surface area contributed by atoms with Gasteiger partial charge in [0.1, 0.15) is 0 Å². The van der Waals surface area contributed by atoms with E-state index in [1.807, 2.05) is 65.8 Å². The van der Waals surface area contributed by atoms with Crippen molar-refractivity contribution in [2.75, 3.05) is 105 Å². The molecule has 2 fully saturated rings. The first-order valence-corrected chi connectivity index (χ1v) is 44.7. The van der Waals surface area contributed by atoms with Crippen LogP contribution < -0.4 is 4.31 Å². The summed E-state index contributed by atoms with van der Waals surface area (Å²) in [6, 6.07) is 35.1. The molecule has 0 N–H and O–H groups in total. The van der Waals surface area contributed by atoms with Crippen LogP contribution in [-0.2, 0) is 93.5 Å². The van der Waals surface area contributed by atoms with E-state index in [1.54, 1.807) is 43.5 Å². The lowest BCUT2D eigenvalue weighted by atomic mass is 9.69. The monoisotopic (exact) mass is 1580 g/mol. The summed E-state index contributed by atoms with van der Waals surface area (Å²) in [4.78, 5) is 0. The summed E-state index contributed by atoms with van der Waals surface area (Å²) in [5.74, 6) is 5.93. The fourth-order valence-corrected chi connectivity index (χ4v) is 18.1. The lowest BCUT2D eigenvalue weighted by Crippen LogP contribution is -2.43. The highest BCUT2D eigenvalue weighted by Crippen LogP contribution is 2.50. The van der Waals surface area contributed by atoms with Crippen molar-refractivity contribution in [2.24, 2.45) is 27.1 Å². The van der Waals surface area contributed by atoms with Gasteiger partial charge < -0.3 is 0 Å². The number of hydrogen-bond donors (Lipinski definition) is 0. The third kappa shape index (κ3) is 35.1. The first-order chi connectivity index (χ1) is 46.2. The molecule has 0 amide bonds. The maximum absolute atomic E-state index is 12.3. The summed E-state index contributed by atoms with van der Waals surface area (Å²) < 4.78 is 171. The highest BCUT2D eigenvalue weighted by atomic mass is 32.2. The molecule has 4 aliphatic heterocycles. The highest BCUT2D eigenvalue weighted by molar-refractivity contribution is 7.99.